The summed E-state index contributed by atoms with van der Waals surface area (Å²) in [5.41, 5.74) is 0. The van der Waals surface area contributed by atoms with Crippen molar-refractivity contribution in [3.63, 3.8) is 0 Å². The van der Waals surface area contributed by atoms with E-state index in [1.807, 2.05) is 0 Å². The maximum Gasteiger partial charge on any atom is 0.308 e. The van der Waals surface area contributed by atoms with E-state index in [1.165, 1.54) is 96.3 Å². The first-order chi connectivity index (χ1) is 17.2. The molecule has 0 aromatic carbocycles. The molecule has 4 heteroatoms. The molecule has 0 radical (unpaired) electrons. The molecule has 0 heterocycles. The fourth-order valence-electron chi connectivity index (χ4n) is 5.20. The zero-order valence-electron chi connectivity index (χ0n) is 23.5. The average Bonchev–Trinajstić information content (AvgIpc) is 2.88. The molecule has 1 fully saturated rings. The van der Waals surface area contributed by atoms with Crippen LogP contribution in [0.2, 0.25) is 0 Å². The molecule has 0 saturated heterocycles. The topological polar surface area (TPSA) is 52.6 Å². The van der Waals surface area contributed by atoms with E-state index in [-0.39, 0.29) is 23.8 Å². The number of hydrogen-bond acceptors (Lipinski definition) is 4. The van der Waals surface area contributed by atoms with Gasteiger partial charge in [0.25, 0.3) is 0 Å². The highest BCUT2D eigenvalue weighted by atomic mass is 16.5. The van der Waals surface area contributed by atoms with Gasteiger partial charge in [-0.3, -0.25) is 9.59 Å². The van der Waals surface area contributed by atoms with Gasteiger partial charge in [-0.05, 0) is 32.1 Å². The third kappa shape index (κ3) is 17.9. The van der Waals surface area contributed by atoms with Crippen molar-refractivity contribution in [3.05, 3.63) is 0 Å². The summed E-state index contributed by atoms with van der Waals surface area (Å²) in [5, 5.41) is 0. The molecule has 0 aromatic rings. The third-order valence-electron chi connectivity index (χ3n) is 7.58. The van der Waals surface area contributed by atoms with Crippen molar-refractivity contribution < 1.29 is 19.1 Å². The first-order valence-corrected chi connectivity index (χ1v) is 15.5. The molecule has 0 bridgehead atoms. The van der Waals surface area contributed by atoms with Crippen molar-refractivity contribution in [3.8, 4) is 0 Å². The highest BCUT2D eigenvalue weighted by Crippen LogP contribution is 2.31. The van der Waals surface area contributed by atoms with Crippen molar-refractivity contribution in [1.29, 1.82) is 0 Å². The Kier molecular flexibility index (Phi) is 21.3. The summed E-state index contributed by atoms with van der Waals surface area (Å²) in [4.78, 5) is 25.0. The van der Waals surface area contributed by atoms with Gasteiger partial charge in [-0.1, -0.05) is 129 Å². The van der Waals surface area contributed by atoms with Crippen LogP contribution < -0.4 is 0 Å². The maximum atomic E-state index is 12.5. The highest BCUT2D eigenvalue weighted by molar-refractivity contribution is 5.76. The minimum absolute atomic E-state index is 0.0997. The highest BCUT2D eigenvalue weighted by Gasteiger charge is 2.32. The van der Waals surface area contributed by atoms with E-state index in [0.717, 1.165) is 44.9 Å². The Morgan fingerprint density at radius 1 is 0.514 bits per heavy atom. The van der Waals surface area contributed by atoms with Crippen LogP contribution in [0.3, 0.4) is 0 Å². The normalized spacial score (nSPS) is 17.9. The molecule has 1 aliphatic carbocycles. The molecular formula is C31H58O4. The molecule has 2 unspecified atom stereocenters. The third-order valence-corrected chi connectivity index (χ3v) is 7.58. The van der Waals surface area contributed by atoms with Gasteiger partial charge in [-0.2, -0.15) is 0 Å². The maximum absolute atomic E-state index is 12.5. The van der Waals surface area contributed by atoms with Gasteiger partial charge in [-0.25, -0.2) is 0 Å². The lowest BCUT2D eigenvalue weighted by Gasteiger charge is -2.26. The molecule has 206 valence electrons. The Morgan fingerprint density at radius 2 is 0.829 bits per heavy atom. The van der Waals surface area contributed by atoms with Crippen LogP contribution in [0, 0.1) is 11.8 Å². The summed E-state index contributed by atoms with van der Waals surface area (Å²) >= 11 is 0. The predicted octanol–water partition coefficient (Wildman–Crippen LogP) is 9.33. The molecule has 0 amide bonds. The predicted molar refractivity (Wildman–Crippen MR) is 146 cm³/mol. The average molecular weight is 495 g/mol. The summed E-state index contributed by atoms with van der Waals surface area (Å²) < 4.78 is 11.1. The second kappa shape index (κ2) is 23.3. The minimum Gasteiger partial charge on any atom is -0.465 e. The molecule has 1 rings (SSSR count). The molecule has 0 aliphatic heterocycles. The van der Waals surface area contributed by atoms with E-state index in [2.05, 4.69) is 13.8 Å². The lowest BCUT2D eigenvalue weighted by molar-refractivity contribution is -0.155. The molecule has 4 nitrogen and oxygen atoms in total. The van der Waals surface area contributed by atoms with Crippen LogP contribution in [0.1, 0.15) is 162 Å². The van der Waals surface area contributed by atoms with Crippen molar-refractivity contribution in [2.45, 2.75) is 162 Å². The van der Waals surface area contributed by atoms with E-state index in [4.69, 9.17) is 9.47 Å². The monoisotopic (exact) mass is 494 g/mol. The molecule has 2 atom stereocenters. The lowest BCUT2D eigenvalue weighted by atomic mass is 9.81. The summed E-state index contributed by atoms with van der Waals surface area (Å²) in [6.07, 6.45) is 27.3. The minimum atomic E-state index is -0.128. The lowest BCUT2D eigenvalue weighted by Crippen LogP contribution is -2.30. The van der Waals surface area contributed by atoms with Gasteiger partial charge in [-0.15, -0.1) is 0 Å². The second-order valence-electron chi connectivity index (χ2n) is 10.9. The van der Waals surface area contributed by atoms with E-state index in [0.29, 0.717) is 19.6 Å². The molecule has 1 aliphatic rings. The number of carbonyl (C=O) groups is 2. The first kappa shape index (κ1) is 32.0. The molecule has 0 aromatic heterocycles. The van der Waals surface area contributed by atoms with Crippen molar-refractivity contribution in [2.75, 3.05) is 13.2 Å². The quantitative estimate of drug-likeness (QED) is 0.105. The number of unbranched alkanes of at least 4 members (excludes halogenated alkanes) is 17. The standard InChI is InChI=1S/C31H58O4/c1-3-5-7-9-11-13-15-17-19-21-26-35-31(33)29-24-22-23-28(27-29)30(32)34-25-20-18-16-14-12-10-8-6-4-2/h28-29H,3-27H2,1-2H3. The van der Waals surface area contributed by atoms with Crippen molar-refractivity contribution in [1.82, 2.24) is 0 Å². The summed E-state index contributed by atoms with van der Waals surface area (Å²) in [5.74, 6) is -0.455. The van der Waals surface area contributed by atoms with Crippen LogP contribution in [0.5, 0.6) is 0 Å². The van der Waals surface area contributed by atoms with Crippen LogP contribution in [-0.2, 0) is 19.1 Å². The summed E-state index contributed by atoms with van der Waals surface area (Å²) in [6, 6.07) is 0. The number of ether oxygens (including phenoxy) is 2. The smallest absolute Gasteiger partial charge is 0.308 e. The molecular weight excluding hydrogens is 436 g/mol. The van der Waals surface area contributed by atoms with Crippen LogP contribution in [0.15, 0.2) is 0 Å². The van der Waals surface area contributed by atoms with Crippen LogP contribution in [-0.4, -0.2) is 25.2 Å². The zero-order chi connectivity index (χ0) is 25.4. The van der Waals surface area contributed by atoms with E-state index in [9.17, 15) is 9.59 Å². The Morgan fingerprint density at radius 3 is 1.17 bits per heavy atom. The Balaban J connectivity index is 2.01. The van der Waals surface area contributed by atoms with Gasteiger partial charge in [0.15, 0.2) is 0 Å². The van der Waals surface area contributed by atoms with Gasteiger partial charge >= 0.3 is 11.9 Å². The fraction of sp³-hybridized carbons (Fsp3) is 0.935. The van der Waals surface area contributed by atoms with Crippen LogP contribution in [0.25, 0.3) is 0 Å². The Hall–Kier alpha value is -1.06. The second-order valence-corrected chi connectivity index (χ2v) is 10.9. The van der Waals surface area contributed by atoms with Crippen LogP contribution in [0.4, 0.5) is 0 Å². The van der Waals surface area contributed by atoms with E-state index in [1.54, 1.807) is 0 Å². The number of rotatable bonds is 23. The van der Waals surface area contributed by atoms with Gasteiger partial charge in [0.1, 0.15) is 0 Å². The van der Waals surface area contributed by atoms with Crippen molar-refractivity contribution in [2.24, 2.45) is 11.8 Å². The van der Waals surface area contributed by atoms with Gasteiger partial charge in [0.05, 0.1) is 25.0 Å². The van der Waals surface area contributed by atoms with E-state index < -0.39 is 0 Å². The molecule has 35 heavy (non-hydrogen) atoms. The van der Waals surface area contributed by atoms with Crippen molar-refractivity contribution >= 4 is 11.9 Å². The van der Waals surface area contributed by atoms with E-state index >= 15 is 0 Å². The number of carbonyl (C=O) groups excluding carboxylic acids is 2. The fourth-order valence-corrected chi connectivity index (χ4v) is 5.20. The van der Waals surface area contributed by atoms with Crippen LogP contribution >= 0.6 is 0 Å². The Bertz CT molecular complexity index is 504. The Labute approximate surface area is 217 Å². The van der Waals surface area contributed by atoms with Gasteiger partial charge < -0.3 is 9.47 Å². The SMILES string of the molecule is CCCCCCCCCCCCOC(=O)C1CCCC(C(=O)OCCCCCCCCCCC)C1. The first-order valence-electron chi connectivity index (χ1n) is 15.5. The molecule has 0 N–H and O–H groups in total. The summed E-state index contributed by atoms with van der Waals surface area (Å²) in [7, 11) is 0. The molecule has 0 spiro atoms. The van der Waals surface area contributed by atoms with Gasteiger partial charge in [0.2, 0.25) is 0 Å². The molecule has 1 saturated carbocycles. The number of hydrogen-bond donors (Lipinski definition) is 0. The largest absolute Gasteiger partial charge is 0.465 e. The summed E-state index contributed by atoms with van der Waals surface area (Å²) in [6.45, 7) is 5.56. The number of esters is 2. The zero-order valence-corrected chi connectivity index (χ0v) is 23.5. The van der Waals surface area contributed by atoms with Gasteiger partial charge in [0, 0.05) is 0 Å².